The second-order valence-electron chi connectivity index (χ2n) is 4.78. The van der Waals surface area contributed by atoms with Crippen LogP contribution in [0, 0.1) is 0 Å². The highest BCUT2D eigenvalue weighted by atomic mass is 16.7. The van der Waals surface area contributed by atoms with Gasteiger partial charge in [-0.25, -0.2) is 4.79 Å². The van der Waals surface area contributed by atoms with Crippen LogP contribution < -0.4 is 0 Å². The molecule has 118 valence electrons. The molecule has 0 aliphatic carbocycles. The van der Waals surface area contributed by atoms with Crippen LogP contribution in [-0.2, 0) is 18.9 Å². The van der Waals surface area contributed by atoms with Crippen molar-refractivity contribution in [3.05, 3.63) is 0 Å². The van der Waals surface area contributed by atoms with Gasteiger partial charge >= 0.3 is 6.16 Å². The largest absolute Gasteiger partial charge is 0.508 e. The first-order valence-corrected chi connectivity index (χ1v) is 7.00. The van der Waals surface area contributed by atoms with Gasteiger partial charge in [0.25, 0.3) is 0 Å². The minimum absolute atomic E-state index is 0.389. The Kier molecular flexibility index (Phi) is 8.52. The van der Waals surface area contributed by atoms with Gasteiger partial charge in [-0.05, 0) is 6.42 Å². The normalized spacial score (nSPS) is 24.3. The number of ether oxygens (including phenoxy) is 4. The molecule has 0 amide bonds. The van der Waals surface area contributed by atoms with Crippen molar-refractivity contribution in [2.45, 2.75) is 51.1 Å². The van der Waals surface area contributed by atoms with Gasteiger partial charge in [-0.15, -0.1) is 0 Å². The van der Waals surface area contributed by atoms with Crippen molar-refractivity contribution >= 4 is 6.16 Å². The van der Waals surface area contributed by atoms with Gasteiger partial charge in [0.2, 0.25) is 6.29 Å². The monoisotopic (exact) mass is 292 g/mol. The summed E-state index contributed by atoms with van der Waals surface area (Å²) in [6, 6.07) is 0. The first kappa shape index (κ1) is 17.2. The van der Waals surface area contributed by atoms with E-state index in [0.717, 1.165) is 45.7 Å². The Hall–Kier alpha value is -0.890. The maximum Gasteiger partial charge on any atom is 0.508 e. The van der Waals surface area contributed by atoms with Crippen LogP contribution in [0.15, 0.2) is 0 Å². The highest BCUT2D eigenvalue weighted by Crippen LogP contribution is 2.12. The summed E-state index contributed by atoms with van der Waals surface area (Å²) < 4.78 is 19.2. The molecule has 2 aliphatic heterocycles. The van der Waals surface area contributed by atoms with Crippen LogP contribution in [0.3, 0.4) is 0 Å². The third-order valence-corrected chi connectivity index (χ3v) is 2.70. The Morgan fingerprint density at radius 1 is 1.25 bits per heavy atom. The van der Waals surface area contributed by atoms with Crippen LogP contribution in [-0.4, -0.2) is 61.3 Å². The molecule has 0 aromatic rings. The SMILES string of the molecule is C(OCC1CO1)C1CO1.CCCCCC(O)OC(=O)O. The Labute approximate surface area is 118 Å². The van der Waals surface area contributed by atoms with Crippen LogP contribution >= 0.6 is 0 Å². The van der Waals surface area contributed by atoms with Gasteiger partial charge in [-0.2, -0.15) is 0 Å². The van der Waals surface area contributed by atoms with E-state index in [1.165, 1.54) is 0 Å². The van der Waals surface area contributed by atoms with Gasteiger partial charge in [-0.1, -0.05) is 19.8 Å². The third kappa shape index (κ3) is 11.0. The molecule has 2 N–H and O–H groups in total. The first-order valence-electron chi connectivity index (χ1n) is 7.00. The maximum absolute atomic E-state index is 9.86. The van der Waals surface area contributed by atoms with Crippen LogP contribution in [0.1, 0.15) is 32.6 Å². The van der Waals surface area contributed by atoms with Crippen molar-refractivity contribution < 1.29 is 34.0 Å². The average molecular weight is 292 g/mol. The molecule has 2 saturated heterocycles. The Balaban J connectivity index is 0.000000202. The summed E-state index contributed by atoms with van der Waals surface area (Å²) in [5.74, 6) is 0. The summed E-state index contributed by atoms with van der Waals surface area (Å²) in [4.78, 5) is 9.86. The molecule has 0 saturated carbocycles. The fourth-order valence-electron chi connectivity index (χ4n) is 1.40. The lowest BCUT2D eigenvalue weighted by Gasteiger charge is -2.07. The quantitative estimate of drug-likeness (QED) is 0.286. The van der Waals surface area contributed by atoms with Crippen LogP contribution in [0.4, 0.5) is 4.79 Å². The number of epoxide rings is 2. The number of carbonyl (C=O) groups is 1. The van der Waals surface area contributed by atoms with Crippen molar-refractivity contribution in [1.29, 1.82) is 0 Å². The number of carboxylic acid groups (broad SMARTS) is 1. The van der Waals surface area contributed by atoms with E-state index < -0.39 is 12.4 Å². The van der Waals surface area contributed by atoms with E-state index in [1.807, 2.05) is 6.92 Å². The number of aliphatic hydroxyl groups is 1. The molecular weight excluding hydrogens is 268 g/mol. The summed E-state index contributed by atoms with van der Waals surface area (Å²) in [6.07, 6.45) is 1.42. The molecule has 2 fully saturated rings. The van der Waals surface area contributed by atoms with Crippen molar-refractivity contribution in [2.24, 2.45) is 0 Å². The molecule has 3 atom stereocenters. The van der Waals surface area contributed by atoms with E-state index in [4.69, 9.17) is 24.4 Å². The van der Waals surface area contributed by atoms with Crippen molar-refractivity contribution in [1.82, 2.24) is 0 Å². The summed E-state index contributed by atoms with van der Waals surface area (Å²) in [5.41, 5.74) is 0. The molecule has 0 bridgehead atoms. The van der Waals surface area contributed by atoms with E-state index >= 15 is 0 Å². The van der Waals surface area contributed by atoms with E-state index in [1.54, 1.807) is 0 Å². The van der Waals surface area contributed by atoms with E-state index in [9.17, 15) is 4.79 Å². The zero-order valence-corrected chi connectivity index (χ0v) is 11.8. The zero-order valence-electron chi connectivity index (χ0n) is 11.8. The third-order valence-electron chi connectivity index (χ3n) is 2.70. The topological polar surface area (TPSA) is 101 Å². The zero-order chi connectivity index (χ0) is 14.8. The van der Waals surface area contributed by atoms with Crippen LogP contribution in [0.25, 0.3) is 0 Å². The predicted octanol–water partition coefficient (Wildman–Crippen LogP) is 1.38. The molecule has 0 radical (unpaired) electrons. The molecule has 7 nitrogen and oxygen atoms in total. The van der Waals surface area contributed by atoms with Gasteiger partial charge < -0.3 is 29.2 Å². The summed E-state index contributed by atoms with van der Waals surface area (Å²) >= 11 is 0. The standard InChI is InChI=1S/C7H14O4.C6H10O3/c1-2-3-4-5-6(8)11-7(9)10;1(5-3-8-5)7-2-6-4-9-6/h6,8H,2-5H2,1H3,(H,9,10);5-6H,1-4H2. The summed E-state index contributed by atoms with van der Waals surface area (Å²) in [6.45, 7) is 5.29. The molecule has 0 spiro atoms. The molecule has 3 unspecified atom stereocenters. The van der Waals surface area contributed by atoms with Gasteiger partial charge in [0.1, 0.15) is 12.2 Å². The van der Waals surface area contributed by atoms with Gasteiger partial charge in [0, 0.05) is 6.42 Å². The number of hydrogen-bond acceptors (Lipinski definition) is 6. The van der Waals surface area contributed by atoms with Crippen molar-refractivity contribution in [3.63, 3.8) is 0 Å². The van der Waals surface area contributed by atoms with E-state index in [-0.39, 0.29) is 0 Å². The highest BCUT2D eigenvalue weighted by molar-refractivity contribution is 5.56. The predicted molar refractivity (Wildman–Crippen MR) is 69.6 cm³/mol. The molecular formula is C13H24O7. The first-order chi connectivity index (χ1) is 9.61. The fourth-order valence-corrected chi connectivity index (χ4v) is 1.40. The van der Waals surface area contributed by atoms with Gasteiger partial charge in [0.15, 0.2) is 0 Å². The second-order valence-corrected chi connectivity index (χ2v) is 4.78. The molecule has 0 aromatic carbocycles. The Morgan fingerprint density at radius 3 is 2.20 bits per heavy atom. The van der Waals surface area contributed by atoms with E-state index in [2.05, 4.69) is 4.74 Å². The summed E-state index contributed by atoms with van der Waals surface area (Å²) in [7, 11) is 0. The number of unbranched alkanes of at least 4 members (excludes halogenated alkanes) is 2. The van der Waals surface area contributed by atoms with Crippen LogP contribution in [0.2, 0.25) is 0 Å². The highest BCUT2D eigenvalue weighted by Gasteiger charge is 2.26. The van der Waals surface area contributed by atoms with E-state index in [0.29, 0.717) is 18.6 Å². The average Bonchev–Trinajstić information content (AvgIpc) is 3.24. The lowest BCUT2D eigenvalue weighted by Crippen LogP contribution is -2.15. The Morgan fingerprint density at radius 2 is 1.80 bits per heavy atom. The lowest BCUT2D eigenvalue weighted by molar-refractivity contribution is -0.0754. The minimum atomic E-state index is -1.42. The number of hydrogen-bond donors (Lipinski definition) is 2. The smallest absolute Gasteiger partial charge is 0.450 e. The molecule has 2 aliphatic rings. The lowest BCUT2D eigenvalue weighted by atomic mass is 10.2. The summed E-state index contributed by atoms with van der Waals surface area (Å²) in [5, 5.41) is 16.9. The Bertz CT molecular complexity index is 251. The number of aliphatic hydroxyl groups excluding tert-OH is 1. The second kappa shape index (κ2) is 9.93. The molecule has 0 aromatic heterocycles. The maximum atomic E-state index is 9.86. The molecule has 7 heteroatoms. The molecule has 20 heavy (non-hydrogen) atoms. The minimum Gasteiger partial charge on any atom is -0.450 e. The van der Waals surface area contributed by atoms with Crippen molar-refractivity contribution in [3.8, 4) is 0 Å². The van der Waals surface area contributed by atoms with Crippen LogP contribution in [0.5, 0.6) is 0 Å². The number of rotatable bonds is 9. The van der Waals surface area contributed by atoms with Gasteiger partial charge in [-0.3, -0.25) is 0 Å². The molecule has 2 rings (SSSR count). The molecule has 2 heterocycles. The van der Waals surface area contributed by atoms with Crippen molar-refractivity contribution in [2.75, 3.05) is 26.4 Å². The fraction of sp³-hybridized carbons (Fsp3) is 0.923. The van der Waals surface area contributed by atoms with Gasteiger partial charge in [0.05, 0.1) is 26.4 Å².